The van der Waals surface area contributed by atoms with Crippen LogP contribution in [0.4, 0.5) is 49.9 Å². The predicted molar refractivity (Wildman–Crippen MR) is 364 cm³/mol. The number of nitrogens with two attached hydrogens (primary N) is 1. The van der Waals surface area contributed by atoms with Gasteiger partial charge in [0.2, 0.25) is 11.2 Å². The number of aryl methyl sites for hydroxylation is 2. The molecule has 91 heavy (non-hydrogen) atoms. The van der Waals surface area contributed by atoms with Crippen molar-refractivity contribution in [1.29, 1.82) is 0 Å². The molecule has 4 aromatic carbocycles. The molecule has 0 saturated carbocycles. The molecule has 0 unspecified atom stereocenters. The molecule has 2 aliphatic rings. The van der Waals surface area contributed by atoms with Crippen molar-refractivity contribution >= 4 is 107 Å². The highest BCUT2D eigenvalue weighted by Crippen LogP contribution is 2.40. The minimum atomic E-state index is -3.56. The Bertz CT molecular complexity index is 3730. The van der Waals surface area contributed by atoms with Crippen molar-refractivity contribution in [2.75, 3.05) is 47.9 Å². The molecule has 25 heteroatoms. The maximum Gasteiger partial charge on any atom is 0.410 e. The van der Waals surface area contributed by atoms with Crippen LogP contribution in [0.5, 0.6) is 11.5 Å². The monoisotopic (exact) mass is 1350 g/mol. The third kappa shape index (κ3) is 20.6. The van der Waals surface area contributed by atoms with E-state index in [1.165, 1.54) is 35.2 Å². The summed E-state index contributed by atoms with van der Waals surface area (Å²) in [6.07, 6.45) is 5.79. The highest BCUT2D eigenvalue weighted by Gasteiger charge is 2.32. The third-order valence-corrected chi connectivity index (χ3v) is 19.7. The normalized spacial score (nSPS) is 14.3. The van der Waals surface area contributed by atoms with E-state index in [1.807, 2.05) is 81.4 Å². The highest BCUT2D eigenvalue weighted by molar-refractivity contribution is 7.92. The SMILES string of the molecule is CC(C)S(=O)(=O)c1ccccc1Nc1nc(Cl)ncc1Cl.Cc1cc(N)c(OC(C)C)cc1C1CCN(C(=O)OC(C)(C)C)CC1.Cc1cc(Nc2ncc(Cl)c(Nc3ccccc3S(=O)(=O)C(C)C)n2)c(OC(C)C)cc1C1CCN(C(=O)OC(C)(C)C)CC1. The molecule has 6 aromatic rings. The first kappa shape index (κ1) is 73.2. The highest BCUT2D eigenvalue weighted by atomic mass is 35.5. The summed E-state index contributed by atoms with van der Waals surface area (Å²) in [4.78, 5) is 45.4. The zero-order valence-electron chi connectivity index (χ0n) is 55.0. The number of carbonyl (C=O) groups excluding carboxylic acids is 2. The van der Waals surface area contributed by atoms with Gasteiger partial charge in [0.15, 0.2) is 31.3 Å². The van der Waals surface area contributed by atoms with Crippen molar-refractivity contribution in [2.45, 2.75) is 192 Å². The minimum absolute atomic E-state index is 0.0195. The number of benzene rings is 4. The number of rotatable bonds is 16. The molecule has 5 N–H and O–H groups in total. The number of halogens is 3. The molecule has 0 atom stereocenters. The van der Waals surface area contributed by atoms with Crippen LogP contribution in [-0.4, -0.2) is 119 Å². The average molecular weight is 1350 g/mol. The number of sulfone groups is 2. The number of hydrogen-bond acceptors (Lipinski definition) is 18. The second-order valence-corrected chi connectivity index (χ2v) is 31.6. The van der Waals surface area contributed by atoms with Crippen LogP contribution in [0.25, 0.3) is 0 Å². The van der Waals surface area contributed by atoms with Gasteiger partial charge >= 0.3 is 12.2 Å². The Morgan fingerprint density at radius 1 is 0.560 bits per heavy atom. The van der Waals surface area contributed by atoms with Crippen LogP contribution in [0.15, 0.2) is 95.0 Å². The van der Waals surface area contributed by atoms with Crippen LogP contribution in [0, 0.1) is 13.8 Å². The molecule has 20 nitrogen and oxygen atoms in total. The lowest BCUT2D eigenvalue weighted by Gasteiger charge is -2.34. The second kappa shape index (κ2) is 31.2. The van der Waals surface area contributed by atoms with Crippen LogP contribution in [0.3, 0.4) is 0 Å². The summed E-state index contributed by atoms with van der Waals surface area (Å²) in [5.74, 6) is 2.86. The van der Waals surface area contributed by atoms with E-state index in [4.69, 9.17) is 59.5 Å². The van der Waals surface area contributed by atoms with Crippen molar-refractivity contribution in [3.63, 3.8) is 0 Å². The topological polar surface area (TPSA) is 259 Å². The number of nitrogens with zero attached hydrogens (tertiary/aromatic N) is 6. The van der Waals surface area contributed by atoms with Gasteiger partial charge in [-0.25, -0.2) is 36.4 Å². The number of piperidine rings is 2. The Morgan fingerprint density at radius 3 is 1.38 bits per heavy atom. The van der Waals surface area contributed by atoms with Crippen molar-refractivity contribution in [3.05, 3.63) is 123 Å². The molecule has 0 radical (unpaired) electrons. The van der Waals surface area contributed by atoms with E-state index in [2.05, 4.69) is 61.9 Å². The van der Waals surface area contributed by atoms with E-state index in [0.29, 0.717) is 60.6 Å². The Morgan fingerprint density at radius 2 is 0.956 bits per heavy atom. The number of hydrogen-bond donors (Lipinski definition) is 4. The van der Waals surface area contributed by atoms with E-state index in [9.17, 15) is 26.4 Å². The van der Waals surface area contributed by atoms with E-state index < -0.39 is 41.4 Å². The van der Waals surface area contributed by atoms with Gasteiger partial charge in [-0.1, -0.05) is 47.5 Å². The maximum absolute atomic E-state index is 13.0. The summed E-state index contributed by atoms with van der Waals surface area (Å²) >= 11 is 18.2. The Hall–Kier alpha value is -6.85. The van der Waals surface area contributed by atoms with Crippen LogP contribution >= 0.6 is 34.8 Å². The van der Waals surface area contributed by atoms with Crippen LogP contribution in [-0.2, 0) is 29.1 Å². The van der Waals surface area contributed by atoms with Crippen molar-refractivity contribution in [2.24, 2.45) is 0 Å². The number of ether oxygens (including phenoxy) is 4. The molecule has 0 spiro atoms. The summed E-state index contributed by atoms with van der Waals surface area (Å²) in [5, 5.41) is 8.63. The predicted octanol–water partition coefficient (Wildman–Crippen LogP) is 16.2. The average Bonchev–Trinajstić information content (AvgIpc) is 0.931. The second-order valence-electron chi connectivity index (χ2n) is 25.5. The maximum atomic E-state index is 13.0. The number of likely N-dealkylation sites (tertiary alicyclic amines) is 2. The zero-order valence-corrected chi connectivity index (χ0v) is 58.9. The largest absolute Gasteiger partial charge is 0.489 e. The summed E-state index contributed by atoms with van der Waals surface area (Å²) in [6, 6.07) is 21.4. The Labute approximate surface area is 552 Å². The van der Waals surface area contributed by atoms with E-state index in [-0.39, 0.29) is 73.0 Å². The molecule has 2 aromatic heterocycles. The van der Waals surface area contributed by atoms with E-state index in [0.717, 1.165) is 37.0 Å². The first-order valence-electron chi connectivity index (χ1n) is 30.4. The van der Waals surface area contributed by atoms with Gasteiger partial charge in [0.05, 0.1) is 67.6 Å². The first-order valence-corrected chi connectivity index (χ1v) is 34.7. The summed E-state index contributed by atoms with van der Waals surface area (Å²) in [6.45, 7) is 32.6. The van der Waals surface area contributed by atoms with Crippen molar-refractivity contribution in [1.82, 2.24) is 29.7 Å². The van der Waals surface area contributed by atoms with Gasteiger partial charge in [0.1, 0.15) is 32.7 Å². The zero-order chi connectivity index (χ0) is 67.5. The Kier molecular flexibility index (Phi) is 25.1. The number of aromatic nitrogens is 4. The van der Waals surface area contributed by atoms with Crippen molar-refractivity contribution < 1.29 is 45.4 Å². The van der Waals surface area contributed by atoms with Gasteiger partial charge in [0, 0.05) is 26.2 Å². The van der Waals surface area contributed by atoms with E-state index in [1.54, 1.807) is 80.0 Å². The van der Waals surface area contributed by atoms with Crippen molar-refractivity contribution in [3.8, 4) is 11.5 Å². The first-order chi connectivity index (χ1) is 42.4. The van der Waals surface area contributed by atoms with Gasteiger partial charge in [-0.15, -0.1) is 0 Å². The van der Waals surface area contributed by atoms with Gasteiger partial charge in [-0.05, 0) is 231 Å². The third-order valence-electron chi connectivity index (χ3n) is 14.5. The van der Waals surface area contributed by atoms with Gasteiger partial charge < -0.3 is 50.4 Å². The lowest BCUT2D eigenvalue weighted by atomic mass is 9.86. The molecular weight excluding hydrogens is 1260 g/mol. The van der Waals surface area contributed by atoms with Gasteiger partial charge in [-0.3, -0.25) is 0 Å². The number of para-hydroxylation sites is 2. The van der Waals surface area contributed by atoms with Crippen LogP contribution in [0.2, 0.25) is 15.3 Å². The number of nitrogen functional groups attached to an aromatic ring is 1. The summed E-state index contributed by atoms with van der Waals surface area (Å²) in [5.41, 5.74) is 11.9. The van der Waals surface area contributed by atoms with E-state index >= 15 is 0 Å². The fraction of sp³-hybridized carbons (Fsp3) is 0.485. The number of carbonyl (C=O) groups is 2. The Balaban J connectivity index is 0.000000240. The quantitative estimate of drug-likeness (QED) is 0.0518. The fourth-order valence-electron chi connectivity index (χ4n) is 9.98. The molecule has 0 bridgehead atoms. The number of amides is 2. The molecule has 2 amide bonds. The molecule has 2 fully saturated rings. The molecule has 4 heterocycles. The molecule has 496 valence electrons. The standard InChI is InChI=1S/C33H44ClN5O5S.C20H32N2O3.C13H13Cl2N3O2S/c1-20(2)43-28-18-24(23-13-15-39(16-14-23)32(40)44-33(6,7)8)22(5)17-27(28)37-31-35-19-25(34)30(38-31)36-26-11-9-10-12-29(26)45(41,42)21(3)4;1-13(2)24-18-12-16(14(3)11-17(18)21)15-7-9-22(10-8-15)19(23)25-20(4,5)6;1-8(2)21(19,20)11-6-4-3-5-10(11)17-12-9(14)7-16-13(15)18-12/h9-12,17-21,23H,13-16H2,1-8H3,(H2,35,36,37,38);11-13,15H,7-10,21H2,1-6H3;3-8H,1-2H3,(H,16,17,18). The van der Waals surface area contributed by atoms with Crippen LogP contribution in [0.1, 0.15) is 157 Å². The minimum Gasteiger partial charge on any atom is -0.489 e. The fourth-order valence-corrected chi connectivity index (χ4v) is 12.8. The number of nitrogens with one attached hydrogen (secondary N) is 3. The molecule has 2 aliphatic heterocycles. The molecule has 2 saturated heterocycles. The molecular formula is C66H89Cl3N10O10S2. The molecule has 0 aliphatic carbocycles. The van der Waals surface area contributed by atoms with Gasteiger partial charge in [-0.2, -0.15) is 9.97 Å². The smallest absolute Gasteiger partial charge is 0.410 e. The molecule has 8 rings (SSSR count). The lowest BCUT2D eigenvalue weighted by molar-refractivity contribution is 0.0194. The van der Waals surface area contributed by atoms with Gasteiger partial charge in [0.25, 0.3) is 0 Å². The number of anilines is 7. The summed E-state index contributed by atoms with van der Waals surface area (Å²) in [7, 11) is -6.99. The summed E-state index contributed by atoms with van der Waals surface area (Å²) < 4.78 is 73.8. The van der Waals surface area contributed by atoms with Crippen LogP contribution < -0.4 is 31.2 Å². The lowest BCUT2D eigenvalue weighted by Crippen LogP contribution is -2.41.